The summed E-state index contributed by atoms with van der Waals surface area (Å²) in [5.41, 5.74) is 1.37. The molecule has 29 heavy (non-hydrogen) atoms. The smallest absolute Gasteiger partial charge is 0.203 e. The van der Waals surface area contributed by atoms with Gasteiger partial charge in [-0.15, -0.1) is 0 Å². The van der Waals surface area contributed by atoms with Crippen molar-refractivity contribution in [2.24, 2.45) is 5.92 Å². The third-order valence-electron chi connectivity index (χ3n) is 4.58. The van der Waals surface area contributed by atoms with Crippen molar-refractivity contribution >= 4 is 6.29 Å². The number of halogens is 3. The number of phenols is 1. The third kappa shape index (κ3) is 6.14. The van der Waals surface area contributed by atoms with E-state index in [1.54, 1.807) is 19.1 Å². The first kappa shape index (κ1) is 22.6. The molecule has 0 fully saturated rings. The van der Waals surface area contributed by atoms with E-state index in [2.05, 4.69) is 0 Å². The molecule has 2 aromatic carbocycles. The Morgan fingerprint density at radius 2 is 1.69 bits per heavy atom. The lowest BCUT2D eigenvalue weighted by atomic mass is 9.96. The van der Waals surface area contributed by atoms with Gasteiger partial charge in [0.1, 0.15) is 17.8 Å². The lowest BCUT2D eigenvalue weighted by Gasteiger charge is -2.15. The van der Waals surface area contributed by atoms with Crippen molar-refractivity contribution in [1.29, 1.82) is 0 Å². The van der Waals surface area contributed by atoms with Crippen molar-refractivity contribution in [2.45, 2.75) is 39.5 Å². The van der Waals surface area contributed by atoms with Gasteiger partial charge in [0.05, 0.1) is 13.2 Å². The number of aromatic hydroxyl groups is 1. The van der Waals surface area contributed by atoms with Crippen LogP contribution in [0.2, 0.25) is 0 Å². The van der Waals surface area contributed by atoms with Gasteiger partial charge < -0.3 is 19.4 Å². The monoisotopic (exact) mass is 410 g/mol. The van der Waals surface area contributed by atoms with E-state index in [1.807, 2.05) is 6.92 Å². The minimum Gasteiger partial charge on any atom is -0.507 e. The molecule has 158 valence electrons. The molecule has 0 amide bonds. The standard InChI is InChI=1S/C22H25F3O4/c1-14(9-10-26)13-16-5-8-19(15(2)21(16)27)28-11-3-4-12-29-22-18(24)7-6-17(23)20(22)25/h5-8,10,14,27H,3-4,9,11-13H2,1-2H3. The van der Waals surface area contributed by atoms with Gasteiger partial charge in [-0.3, -0.25) is 0 Å². The first-order chi connectivity index (χ1) is 13.8. The van der Waals surface area contributed by atoms with Crippen LogP contribution in [0.25, 0.3) is 0 Å². The fourth-order valence-corrected chi connectivity index (χ4v) is 2.88. The number of ether oxygens (including phenoxy) is 2. The largest absolute Gasteiger partial charge is 0.507 e. The van der Waals surface area contributed by atoms with Crippen LogP contribution in [0.1, 0.15) is 37.3 Å². The van der Waals surface area contributed by atoms with Gasteiger partial charge in [0.25, 0.3) is 0 Å². The van der Waals surface area contributed by atoms with Crippen LogP contribution in [0.3, 0.4) is 0 Å². The lowest BCUT2D eigenvalue weighted by Crippen LogP contribution is -2.06. The Morgan fingerprint density at radius 3 is 2.38 bits per heavy atom. The number of phenolic OH excluding ortho intramolecular Hbond substituents is 1. The maximum Gasteiger partial charge on any atom is 0.203 e. The number of unbranched alkanes of at least 4 members (excludes halogenated alkanes) is 1. The summed E-state index contributed by atoms with van der Waals surface area (Å²) in [5, 5.41) is 10.3. The molecule has 0 saturated heterocycles. The van der Waals surface area contributed by atoms with Crippen LogP contribution in [0, 0.1) is 30.3 Å². The molecular weight excluding hydrogens is 385 g/mol. The molecule has 0 aliphatic heterocycles. The maximum absolute atomic E-state index is 13.5. The molecule has 0 radical (unpaired) electrons. The van der Waals surface area contributed by atoms with E-state index in [1.165, 1.54) is 0 Å². The van der Waals surface area contributed by atoms with Crippen LogP contribution >= 0.6 is 0 Å². The number of benzene rings is 2. The molecule has 0 bridgehead atoms. The molecule has 2 rings (SSSR count). The number of carbonyl (C=O) groups is 1. The molecule has 1 atom stereocenters. The van der Waals surface area contributed by atoms with E-state index in [4.69, 9.17) is 9.47 Å². The molecule has 1 unspecified atom stereocenters. The molecule has 0 aromatic heterocycles. The van der Waals surface area contributed by atoms with Crippen molar-refractivity contribution < 1.29 is 32.5 Å². The molecule has 0 saturated carbocycles. The highest BCUT2D eigenvalue weighted by Crippen LogP contribution is 2.32. The summed E-state index contributed by atoms with van der Waals surface area (Å²) in [5.74, 6) is -3.34. The predicted molar refractivity (Wildman–Crippen MR) is 103 cm³/mol. The summed E-state index contributed by atoms with van der Waals surface area (Å²) in [7, 11) is 0. The highest BCUT2D eigenvalue weighted by atomic mass is 19.2. The highest BCUT2D eigenvalue weighted by molar-refractivity contribution is 5.51. The minimum absolute atomic E-state index is 0.0123. The zero-order chi connectivity index (χ0) is 21.4. The van der Waals surface area contributed by atoms with Crippen molar-refractivity contribution in [2.75, 3.05) is 13.2 Å². The van der Waals surface area contributed by atoms with E-state index < -0.39 is 23.2 Å². The normalized spacial score (nSPS) is 11.9. The summed E-state index contributed by atoms with van der Waals surface area (Å²) in [6, 6.07) is 5.07. The van der Waals surface area contributed by atoms with Crippen molar-refractivity contribution in [3.8, 4) is 17.2 Å². The zero-order valence-electron chi connectivity index (χ0n) is 16.5. The fraction of sp³-hybridized carbons (Fsp3) is 0.409. The molecular formula is C22H25F3O4. The molecule has 0 heterocycles. The average molecular weight is 410 g/mol. The second-order valence-electron chi connectivity index (χ2n) is 6.98. The van der Waals surface area contributed by atoms with E-state index >= 15 is 0 Å². The summed E-state index contributed by atoms with van der Waals surface area (Å²) in [4.78, 5) is 10.6. The minimum atomic E-state index is -1.34. The molecule has 4 nitrogen and oxygen atoms in total. The number of rotatable bonds is 11. The summed E-state index contributed by atoms with van der Waals surface area (Å²) < 4.78 is 50.7. The molecule has 0 aliphatic carbocycles. The van der Waals surface area contributed by atoms with Gasteiger partial charge in [-0.25, -0.2) is 8.78 Å². The second-order valence-corrected chi connectivity index (χ2v) is 6.98. The zero-order valence-corrected chi connectivity index (χ0v) is 16.5. The van der Waals surface area contributed by atoms with Crippen molar-refractivity contribution in [1.82, 2.24) is 0 Å². The lowest BCUT2D eigenvalue weighted by molar-refractivity contribution is -0.108. The van der Waals surface area contributed by atoms with Crippen LogP contribution in [-0.4, -0.2) is 24.6 Å². The van der Waals surface area contributed by atoms with E-state index in [0.717, 1.165) is 17.9 Å². The topological polar surface area (TPSA) is 55.8 Å². The van der Waals surface area contributed by atoms with E-state index in [9.17, 15) is 23.1 Å². The third-order valence-corrected chi connectivity index (χ3v) is 4.58. The van der Waals surface area contributed by atoms with Gasteiger partial charge in [0, 0.05) is 12.0 Å². The highest BCUT2D eigenvalue weighted by Gasteiger charge is 2.15. The quantitative estimate of drug-likeness (QED) is 0.317. The number of hydrogen-bond donors (Lipinski definition) is 1. The Balaban J connectivity index is 1.80. The summed E-state index contributed by atoms with van der Waals surface area (Å²) >= 11 is 0. The first-order valence-corrected chi connectivity index (χ1v) is 9.49. The maximum atomic E-state index is 13.5. The van der Waals surface area contributed by atoms with Crippen LogP contribution in [-0.2, 0) is 11.2 Å². The fourth-order valence-electron chi connectivity index (χ4n) is 2.88. The Labute approximate surface area is 168 Å². The van der Waals surface area contributed by atoms with E-state index in [0.29, 0.717) is 49.7 Å². The average Bonchev–Trinajstić information content (AvgIpc) is 2.69. The van der Waals surface area contributed by atoms with Crippen LogP contribution in [0.4, 0.5) is 13.2 Å². The Kier molecular flexibility index (Phi) is 8.36. The molecule has 2 aromatic rings. The molecule has 7 heteroatoms. The van der Waals surface area contributed by atoms with Crippen LogP contribution < -0.4 is 9.47 Å². The Bertz CT molecular complexity index is 839. The predicted octanol–water partition coefficient (Wildman–Crippen LogP) is 5.12. The van der Waals surface area contributed by atoms with Crippen LogP contribution in [0.5, 0.6) is 17.2 Å². The van der Waals surface area contributed by atoms with Gasteiger partial charge in [-0.2, -0.15) is 4.39 Å². The number of aldehydes is 1. The summed E-state index contributed by atoms with van der Waals surface area (Å²) in [6.45, 7) is 4.02. The van der Waals surface area contributed by atoms with Crippen molar-refractivity contribution in [3.63, 3.8) is 0 Å². The molecule has 0 aliphatic rings. The number of hydrogen-bond acceptors (Lipinski definition) is 4. The molecule has 0 spiro atoms. The van der Waals surface area contributed by atoms with Gasteiger partial charge in [-0.05, 0) is 55.9 Å². The van der Waals surface area contributed by atoms with Crippen LogP contribution in [0.15, 0.2) is 24.3 Å². The van der Waals surface area contributed by atoms with Gasteiger partial charge in [-0.1, -0.05) is 13.0 Å². The number of carbonyl (C=O) groups excluding carboxylic acids is 1. The van der Waals surface area contributed by atoms with E-state index in [-0.39, 0.29) is 18.3 Å². The van der Waals surface area contributed by atoms with Gasteiger partial charge in [0.15, 0.2) is 17.4 Å². The SMILES string of the molecule is Cc1c(OCCCCOc2c(F)ccc(F)c2F)ccc(CC(C)CC=O)c1O. The Morgan fingerprint density at radius 1 is 1.03 bits per heavy atom. The van der Waals surface area contributed by atoms with Gasteiger partial charge in [0.2, 0.25) is 5.82 Å². The second kappa shape index (κ2) is 10.7. The first-order valence-electron chi connectivity index (χ1n) is 9.49. The summed E-state index contributed by atoms with van der Waals surface area (Å²) in [6.07, 6.45) is 2.88. The van der Waals surface area contributed by atoms with Gasteiger partial charge >= 0.3 is 0 Å². The van der Waals surface area contributed by atoms with Crippen molar-refractivity contribution in [3.05, 3.63) is 52.8 Å². The Hall–Kier alpha value is -2.70. The molecule has 1 N–H and O–H groups in total.